The van der Waals surface area contributed by atoms with E-state index in [1.165, 1.54) is 13.0 Å². The minimum Gasteiger partial charge on any atom is -0.397 e. The number of nitrogens with two attached hydrogens (primary N) is 1. The van der Waals surface area contributed by atoms with Crippen LogP contribution < -0.4 is 10.5 Å². The first kappa shape index (κ1) is 16.3. The number of anilines is 2. The fraction of sp³-hybridized carbons (Fsp3) is 0.0769. The average Bonchev–Trinajstić information content (AvgIpc) is 2.33. The molecule has 0 aromatic heterocycles. The normalized spacial score (nSPS) is 11.4. The molecule has 0 heterocycles. The van der Waals surface area contributed by atoms with Crippen molar-refractivity contribution in [3.63, 3.8) is 0 Å². The van der Waals surface area contributed by atoms with Gasteiger partial charge in [-0.1, -0.05) is 15.9 Å². The topological polar surface area (TPSA) is 72.2 Å². The van der Waals surface area contributed by atoms with Crippen molar-refractivity contribution in [2.45, 2.75) is 11.8 Å². The summed E-state index contributed by atoms with van der Waals surface area (Å²) >= 11 is 6.52. The second kappa shape index (κ2) is 5.94. The summed E-state index contributed by atoms with van der Waals surface area (Å²) in [5.74, 6) is -0.490. The Hall–Kier alpha value is -1.12. The molecule has 2 aromatic carbocycles. The summed E-state index contributed by atoms with van der Waals surface area (Å²) in [5, 5.41) is 0. The van der Waals surface area contributed by atoms with E-state index < -0.39 is 15.8 Å². The van der Waals surface area contributed by atoms with Crippen LogP contribution >= 0.6 is 31.9 Å². The van der Waals surface area contributed by atoms with Gasteiger partial charge in [-0.05, 0) is 58.7 Å². The lowest BCUT2D eigenvalue weighted by molar-refractivity contribution is 0.598. The summed E-state index contributed by atoms with van der Waals surface area (Å²) < 4.78 is 41.5. The first-order valence-electron chi connectivity index (χ1n) is 5.74. The second-order valence-electron chi connectivity index (χ2n) is 4.37. The van der Waals surface area contributed by atoms with Gasteiger partial charge in [-0.15, -0.1) is 0 Å². The third-order valence-electron chi connectivity index (χ3n) is 2.75. The van der Waals surface area contributed by atoms with Gasteiger partial charge in [0.05, 0.1) is 16.3 Å². The fourth-order valence-electron chi connectivity index (χ4n) is 1.80. The predicted molar refractivity (Wildman–Crippen MR) is 88.2 cm³/mol. The van der Waals surface area contributed by atoms with Gasteiger partial charge in [-0.2, -0.15) is 0 Å². The summed E-state index contributed by atoms with van der Waals surface area (Å²) in [6.07, 6.45) is 0. The highest BCUT2D eigenvalue weighted by atomic mass is 79.9. The van der Waals surface area contributed by atoms with Crippen molar-refractivity contribution in [1.29, 1.82) is 0 Å². The minimum absolute atomic E-state index is 0.00174. The Morgan fingerprint density at radius 3 is 2.43 bits per heavy atom. The third-order valence-corrected chi connectivity index (χ3v) is 5.34. The maximum absolute atomic E-state index is 13.1. The molecule has 0 aliphatic carbocycles. The molecule has 2 aromatic rings. The molecule has 112 valence electrons. The van der Waals surface area contributed by atoms with Gasteiger partial charge >= 0.3 is 0 Å². The number of halogens is 3. The molecule has 0 unspecified atom stereocenters. The van der Waals surface area contributed by atoms with E-state index in [0.717, 1.165) is 12.1 Å². The maximum Gasteiger partial charge on any atom is 0.262 e. The summed E-state index contributed by atoms with van der Waals surface area (Å²) in [6, 6.07) is 6.73. The van der Waals surface area contributed by atoms with Gasteiger partial charge in [0.25, 0.3) is 10.0 Å². The van der Waals surface area contributed by atoms with Crippen molar-refractivity contribution < 1.29 is 12.8 Å². The third kappa shape index (κ3) is 3.56. The largest absolute Gasteiger partial charge is 0.397 e. The molecule has 0 saturated carbocycles. The minimum atomic E-state index is -3.86. The van der Waals surface area contributed by atoms with Gasteiger partial charge < -0.3 is 5.73 Å². The Morgan fingerprint density at radius 2 is 1.86 bits per heavy atom. The van der Waals surface area contributed by atoms with Gasteiger partial charge in [0.15, 0.2) is 0 Å². The second-order valence-corrected chi connectivity index (χ2v) is 7.79. The number of hydrogen-bond acceptors (Lipinski definition) is 3. The number of hydrogen-bond donors (Lipinski definition) is 2. The smallest absolute Gasteiger partial charge is 0.262 e. The number of nitrogen functional groups attached to an aromatic ring is 1. The van der Waals surface area contributed by atoms with Crippen LogP contribution in [0.4, 0.5) is 15.8 Å². The highest BCUT2D eigenvalue weighted by Crippen LogP contribution is 2.34. The number of nitrogens with one attached hydrogen (secondary N) is 1. The van der Waals surface area contributed by atoms with Crippen LogP contribution in [-0.4, -0.2) is 8.42 Å². The quantitative estimate of drug-likeness (QED) is 0.711. The Morgan fingerprint density at radius 1 is 1.19 bits per heavy atom. The van der Waals surface area contributed by atoms with Crippen molar-refractivity contribution in [2.75, 3.05) is 10.5 Å². The standard InChI is InChI=1S/C13H11Br2FN2O2S/c1-7-4-9(16)2-3-12(7)21(19,20)18-13-10(15)5-8(14)6-11(13)17/h2-6,18H,17H2,1H3. The molecule has 3 N–H and O–H groups in total. The van der Waals surface area contributed by atoms with Gasteiger partial charge in [-0.3, -0.25) is 4.72 Å². The molecule has 0 atom stereocenters. The molecular formula is C13H11Br2FN2O2S. The zero-order valence-corrected chi connectivity index (χ0v) is 14.8. The van der Waals surface area contributed by atoms with Gasteiger partial charge in [0, 0.05) is 8.95 Å². The van der Waals surface area contributed by atoms with Gasteiger partial charge in [-0.25, -0.2) is 12.8 Å². The van der Waals surface area contributed by atoms with E-state index >= 15 is 0 Å². The number of sulfonamides is 1. The van der Waals surface area contributed by atoms with Crippen molar-refractivity contribution in [2.24, 2.45) is 0 Å². The Kier molecular flexibility index (Phi) is 4.60. The Labute approximate surface area is 138 Å². The van der Waals surface area contributed by atoms with E-state index in [4.69, 9.17) is 5.73 Å². The highest BCUT2D eigenvalue weighted by molar-refractivity contribution is 9.11. The molecule has 21 heavy (non-hydrogen) atoms. The summed E-state index contributed by atoms with van der Waals surface area (Å²) in [6.45, 7) is 1.53. The van der Waals surface area contributed by atoms with Crippen LogP contribution in [0.15, 0.2) is 44.2 Å². The van der Waals surface area contributed by atoms with Crippen LogP contribution in [-0.2, 0) is 10.0 Å². The lowest BCUT2D eigenvalue weighted by atomic mass is 10.2. The van der Waals surface area contributed by atoms with E-state index in [9.17, 15) is 12.8 Å². The zero-order valence-electron chi connectivity index (χ0n) is 10.8. The average molecular weight is 438 g/mol. The van der Waals surface area contributed by atoms with E-state index in [2.05, 4.69) is 36.6 Å². The van der Waals surface area contributed by atoms with Crippen LogP contribution in [0, 0.1) is 12.7 Å². The Bertz CT molecular complexity index is 787. The molecule has 8 heteroatoms. The molecule has 0 amide bonds. The zero-order chi connectivity index (χ0) is 15.8. The molecule has 0 aliphatic rings. The lowest BCUT2D eigenvalue weighted by Gasteiger charge is -2.14. The van der Waals surface area contributed by atoms with E-state index in [1.807, 2.05) is 0 Å². The Balaban J connectivity index is 2.47. The monoisotopic (exact) mass is 436 g/mol. The van der Waals surface area contributed by atoms with Crippen LogP contribution in [0.3, 0.4) is 0 Å². The molecule has 0 fully saturated rings. The van der Waals surface area contributed by atoms with Crippen LogP contribution in [0.2, 0.25) is 0 Å². The SMILES string of the molecule is Cc1cc(F)ccc1S(=O)(=O)Nc1c(N)cc(Br)cc1Br. The van der Waals surface area contributed by atoms with E-state index in [0.29, 0.717) is 14.5 Å². The number of benzene rings is 2. The van der Waals surface area contributed by atoms with Crippen LogP contribution in [0.5, 0.6) is 0 Å². The molecule has 0 radical (unpaired) electrons. The molecule has 2 rings (SSSR count). The predicted octanol–water partition coefficient (Wildman–Crippen LogP) is 4.04. The van der Waals surface area contributed by atoms with Gasteiger partial charge in [0.1, 0.15) is 5.82 Å². The van der Waals surface area contributed by atoms with Crippen molar-refractivity contribution in [1.82, 2.24) is 0 Å². The van der Waals surface area contributed by atoms with Gasteiger partial charge in [0.2, 0.25) is 0 Å². The summed E-state index contributed by atoms with van der Waals surface area (Å²) in [7, 11) is -3.86. The molecule has 0 bridgehead atoms. The molecule has 0 aliphatic heterocycles. The van der Waals surface area contributed by atoms with Crippen LogP contribution in [0.25, 0.3) is 0 Å². The fourth-order valence-corrected chi connectivity index (χ4v) is 4.63. The summed E-state index contributed by atoms with van der Waals surface area (Å²) in [5.41, 5.74) is 6.64. The first-order valence-corrected chi connectivity index (χ1v) is 8.81. The lowest BCUT2D eigenvalue weighted by Crippen LogP contribution is -2.16. The highest BCUT2D eigenvalue weighted by Gasteiger charge is 2.20. The van der Waals surface area contributed by atoms with Crippen molar-refractivity contribution in [3.05, 3.63) is 50.7 Å². The molecular weight excluding hydrogens is 427 g/mol. The van der Waals surface area contributed by atoms with Crippen molar-refractivity contribution in [3.8, 4) is 0 Å². The number of rotatable bonds is 3. The van der Waals surface area contributed by atoms with E-state index in [-0.39, 0.29) is 16.3 Å². The molecule has 0 spiro atoms. The molecule has 4 nitrogen and oxygen atoms in total. The summed E-state index contributed by atoms with van der Waals surface area (Å²) in [4.78, 5) is -0.00174. The maximum atomic E-state index is 13.1. The number of aryl methyl sites for hydroxylation is 1. The first-order chi connectivity index (χ1) is 9.70. The molecule has 0 saturated heterocycles. The van der Waals surface area contributed by atoms with Crippen molar-refractivity contribution >= 4 is 53.3 Å². The van der Waals surface area contributed by atoms with Crippen LogP contribution in [0.1, 0.15) is 5.56 Å². The van der Waals surface area contributed by atoms with E-state index in [1.54, 1.807) is 12.1 Å².